The number of hydrogen-bond acceptors (Lipinski definition) is 1. The zero-order valence-corrected chi connectivity index (χ0v) is 13.4. The van der Waals surface area contributed by atoms with Gasteiger partial charge in [0.15, 0.2) is 0 Å². The van der Waals surface area contributed by atoms with E-state index in [-0.39, 0.29) is 5.41 Å². The Morgan fingerprint density at radius 2 is 1.71 bits per heavy atom. The number of hydrogen-bond donors (Lipinski definition) is 0. The lowest BCUT2D eigenvalue weighted by Gasteiger charge is -2.19. The Hall–Kier alpha value is -2.09. The molecule has 21 heavy (non-hydrogen) atoms. The molecule has 3 rings (SSSR count). The van der Waals surface area contributed by atoms with E-state index in [2.05, 4.69) is 59.0 Å². The second-order valence-corrected chi connectivity index (χ2v) is 6.89. The van der Waals surface area contributed by atoms with Gasteiger partial charge in [0.1, 0.15) is 0 Å². The summed E-state index contributed by atoms with van der Waals surface area (Å²) in [7, 11) is 0. The molecule has 2 nitrogen and oxygen atoms in total. The van der Waals surface area contributed by atoms with Crippen molar-refractivity contribution in [1.82, 2.24) is 9.78 Å². The summed E-state index contributed by atoms with van der Waals surface area (Å²) in [5.41, 5.74) is 7.56. The average molecular weight is 278 g/mol. The molecular weight excluding hydrogens is 256 g/mol. The van der Waals surface area contributed by atoms with Crippen LogP contribution in [0.3, 0.4) is 0 Å². The van der Waals surface area contributed by atoms with Crippen LogP contribution in [0, 0.1) is 5.41 Å². The monoisotopic (exact) mass is 278 g/mol. The lowest BCUT2D eigenvalue weighted by atomic mass is 9.86. The van der Waals surface area contributed by atoms with Gasteiger partial charge in [0.2, 0.25) is 0 Å². The Balaban J connectivity index is 2.19. The summed E-state index contributed by atoms with van der Waals surface area (Å²) in [6.07, 6.45) is 4.46. The van der Waals surface area contributed by atoms with Crippen molar-refractivity contribution in [2.75, 3.05) is 0 Å². The molecule has 0 fully saturated rings. The molecule has 0 radical (unpaired) electrons. The number of rotatable bonds is 1. The highest BCUT2D eigenvalue weighted by molar-refractivity contribution is 5.96. The molecule has 0 amide bonds. The number of allylic oxidation sites excluding steroid dienone is 4. The lowest BCUT2D eigenvalue weighted by molar-refractivity contribution is 0.564. The SMILES string of the molecule is CC(C)=C1C=C(C(C)(C)C)c2nn(-c3ccccc3)cc21. The largest absolute Gasteiger partial charge is 0.240 e. The minimum Gasteiger partial charge on any atom is -0.240 e. The summed E-state index contributed by atoms with van der Waals surface area (Å²) >= 11 is 0. The number of aromatic nitrogens is 2. The second-order valence-electron chi connectivity index (χ2n) is 6.89. The van der Waals surface area contributed by atoms with E-state index in [1.807, 2.05) is 22.9 Å². The fraction of sp³-hybridized carbons (Fsp3) is 0.316. The normalized spacial score (nSPS) is 14.1. The number of para-hydroxylation sites is 1. The van der Waals surface area contributed by atoms with Gasteiger partial charge in [-0.1, -0.05) is 44.5 Å². The van der Waals surface area contributed by atoms with Crippen LogP contribution in [0.25, 0.3) is 16.8 Å². The van der Waals surface area contributed by atoms with Crippen LogP contribution in [0.5, 0.6) is 0 Å². The summed E-state index contributed by atoms with van der Waals surface area (Å²) < 4.78 is 1.99. The van der Waals surface area contributed by atoms with E-state index in [4.69, 9.17) is 5.10 Å². The topological polar surface area (TPSA) is 17.8 Å². The Bertz CT molecular complexity index is 734. The predicted octanol–water partition coefficient (Wildman–Crippen LogP) is 5.11. The van der Waals surface area contributed by atoms with E-state index in [1.165, 1.54) is 22.3 Å². The van der Waals surface area contributed by atoms with Crippen LogP contribution in [0.15, 0.2) is 48.2 Å². The van der Waals surface area contributed by atoms with Crippen molar-refractivity contribution < 1.29 is 0 Å². The summed E-state index contributed by atoms with van der Waals surface area (Å²) in [6, 6.07) is 10.3. The zero-order chi connectivity index (χ0) is 15.2. The summed E-state index contributed by atoms with van der Waals surface area (Å²) in [5.74, 6) is 0. The molecule has 1 aromatic carbocycles. The van der Waals surface area contributed by atoms with Crippen LogP contribution in [0.4, 0.5) is 0 Å². The number of benzene rings is 1. The Kier molecular flexibility index (Phi) is 3.12. The van der Waals surface area contributed by atoms with E-state index in [0.717, 1.165) is 11.4 Å². The minimum atomic E-state index is 0.0990. The van der Waals surface area contributed by atoms with Crippen LogP contribution >= 0.6 is 0 Å². The third-order valence-corrected chi connectivity index (χ3v) is 3.92. The molecule has 0 unspecified atom stereocenters. The maximum atomic E-state index is 4.86. The molecule has 0 spiro atoms. The molecule has 2 heteroatoms. The van der Waals surface area contributed by atoms with Crippen LogP contribution in [-0.2, 0) is 0 Å². The third kappa shape index (κ3) is 2.35. The van der Waals surface area contributed by atoms with Gasteiger partial charge in [-0.15, -0.1) is 0 Å². The average Bonchev–Trinajstić information content (AvgIpc) is 2.96. The van der Waals surface area contributed by atoms with Gasteiger partial charge in [0.05, 0.1) is 11.4 Å². The lowest BCUT2D eigenvalue weighted by Crippen LogP contribution is -2.08. The van der Waals surface area contributed by atoms with Crippen LogP contribution in [-0.4, -0.2) is 9.78 Å². The van der Waals surface area contributed by atoms with Crippen molar-refractivity contribution in [3.8, 4) is 5.69 Å². The van der Waals surface area contributed by atoms with Gasteiger partial charge in [-0.3, -0.25) is 0 Å². The standard InChI is InChI=1S/C19H22N2/c1-13(2)15-11-17(19(3,4)5)18-16(15)12-21(20-18)14-9-7-6-8-10-14/h6-12H,1-5H3. The Morgan fingerprint density at radius 3 is 2.29 bits per heavy atom. The van der Waals surface area contributed by atoms with Gasteiger partial charge < -0.3 is 0 Å². The van der Waals surface area contributed by atoms with Gasteiger partial charge >= 0.3 is 0 Å². The highest BCUT2D eigenvalue weighted by Gasteiger charge is 2.30. The Morgan fingerprint density at radius 1 is 1.05 bits per heavy atom. The number of fused-ring (bicyclic) bond motifs is 1. The fourth-order valence-corrected chi connectivity index (χ4v) is 2.76. The van der Waals surface area contributed by atoms with Gasteiger partial charge in [0, 0.05) is 11.8 Å². The number of nitrogens with zero attached hydrogens (tertiary/aromatic N) is 2. The molecule has 2 aromatic rings. The quantitative estimate of drug-likeness (QED) is 0.709. The van der Waals surface area contributed by atoms with Crippen LogP contribution in [0.1, 0.15) is 45.9 Å². The minimum absolute atomic E-state index is 0.0990. The molecule has 0 atom stereocenters. The first kappa shape index (κ1) is 13.9. The van der Waals surface area contributed by atoms with Gasteiger partial charge in [-0.25, -0.2) is 4.68 Å². The molecular formula is C19H22N2. The van der Waals surface area contributed by atoms with E-state index in [9.17, 15) is 0 Å². The molecule has 1 aliphatic carbocycles. The first-order valence-electron chi connectivity index (χ1n) is 7.43. The summed E-state index contributed by atoms with van der Waals surface area (Å²) in [5, 5.41) is 4.86. The van der Waals surface area contributed by atoms with E-state index in [0.29, 0.717) is 0 Å². The van der Waals surface area contributed by atoms with Gasteiger partial charge in [-0.2, -0.15) is 5.10 Å². The fourth-order valence-electron chi connectivity index (χ4n) is 2.76. The molecule has 0 aliphatic heterocycles. The maximum absolute atomic E-state index is 4.86. The van der Waals surface area contributed by atoms with Crippen LogP contribution in [0.2, 0.25) is 0 Å². The van der Waals surface area contributed by atoms with Crippen molar-refractivity contribution in [1.29, 1.82) is 0 Å². The van der Waals surface area contributed by atoms with E-state index >= 15 is 0 Å². The molecule has 0 bridgehead atoms. The van der Waals surface area contributed by atoms with E-state index in [1.54, 1.807) is 0 Å². The van der Waals surface area contributed by atoms with Gasteiger partial charge in [-0.05, 0) is 48.6 Å². The van der Waals surface area contributed by atoms with Crippen molar-refractivity contribution >= 4 is 11.1 Å². The Labute approximate surface area is 126 Å². The highest BCUT2D eigenvalue weighted by atomic mass is 15.3. The predicted molar refractivity (Wildman–Crippen MR) is 89.3 cm³/mol. The second kappa shape index (κ2) is 4.73. The first-order valence-corrected chi connectivity index (χ1v) is 7.43. The molecule has 108 valence electrons. The van der Waals surface area contributed by atoms with E-state index < -0.39 is 0 Å². The van der Waals surface area contributed by atoms with Crippen molar-refractivity contribution in [3.63, 3.8) is 0 Å². The smallest absolute Gasteiger partial charge is 0.0971 e. The van der Waals surface area contributed by atoms with Crippen molar-refractivity contribution in [3.05, 3.63) is 59.4 Å². The van der Waals surface area contributed by atoms with Crippen molar-refractivity contribution in [2.45, 2.75) is 34.6 Å². The third-order valence-electron chi connectivity index (χ3n) is 3.92. The van der Waals surface area contributed by atoms with Crippen LogP contribution < -0.4 is 0 Å². The summed E-state index contributed by atoms with van der Waals surface area (Å²) in [6.45, 7) is 11.1. The molecule has 0 N–H and O–H groups in total. The zero-order valence-electron chi connectivity index (χ0n) is 13.4. The maximum Gasteiger partial charge on any atom is 0.0971 e. The highest BCUT2D eigenvalue weighted by Crippen LogP contribution is 2.44. The van der Waals surface area contributed by atoms with Gasteiger partial charge in [0.25, 0.3) is 0 Å². The molecule has 0 saturated carbocycles. The summed E-state index contributed by atoms with van der Waals surface area (Å²) in [4.78, 5) is 0. The first-order chi connectivity index (χ1) is 9.88. The van der Waals surface area contributed by atoms with Crippen molar-refractivity contribution in [2.24, 2.45) is 5.41 Å². The molecule has 1 aliphatic rings. The molecule has 0 saturated heterocycles. The molecule has 1 aromatic heterocycles. The molecule has 1 heterocycles.